The van der Waals surface area contributed by atoms with Gasteiger partial charge in [0.05, 0.1) is 10.6 Å². The zero-order valence-electron chi connectivity index (χ0n) is 9.44. The Morgan fingerprint density at radius 1 is 1.29 bits per heavy atom. The molecule has 0 aliphatic carbocycles. The Hall–Kier alpha value is -1.07. The first-order valence-corrected chi connectivity index (χ1v) is 7.26. The van der Waals surface area contributed by atoms with Crippen molar-refractivity contribution in [1.29, 1.82) is 0 Å². The van der Waals surface area contributed by atoms with E-state index in [1.807, 2.05) is 6.92 Å². The van der Waals surface area contributed by atoms with E-state index in [0.717, 1.165) is 5.56 Å². The van der Waals surface area contributed by atoms with E-state index < -0.39 is 9.84 Å². The summed E-state index contributed by atoms with van der Waals surface area (Å²) in [6.45, 7) is 1.96. The maximum absolute atomic E-state index is 11.8. The third kappa shape index (κ3) is 4.36. The van der Waals surface area contributed by atoms with Crippen LogP contribution in [0.25, 0.3) is 0 Å². The molecule has 0 atom stereocenters. The molecule has 0 saturated carbocycles. The summed E-state index contributed by atoms with van der Waals surface area (Å²) in [4.78, 5) is 11.1. The van der Waals surface area contributed by atoms with Crippen molar-refractivity contribution >= 4 is 27.3 Å². The Bertz CT molecular complexity index is 482. The molecule has 1 N–H and O–H groups in total. The molecule has 1 aromatic carbocycles. The van der Waals surface area contributed by atoms with Crippen LogP contribution in [0.15, 0.2) is 29.2 Å². The zero-order chi connectivity index (χ0) is 12.9. The minimum atomic E-state index is -3.34. The number of alkyl halides is 1. The summed E-state index contributed by atoms with van der Waals surface area (Å²) in [6, 6.07) is 6.61. The molecule has 0 aliphatic heterocycles. The van der Waals surface area contributed by atoms with Crippen LogP contribution in [-0.4, -0.2) is 32.5 Å². The Kier molecular flexibility index (Phi) is 4.96. The van der Waals surface area contributed by atoms with Crippen LogP contribution in [0.2, 0.25) is 0 Å². The van der Waals surface area contributed by atoms with Crippen molar-refractivity contribution in [2.75, 3.05) is 18.2 Å². The van der Waals surface area contributed by atoms with Crippen molar-refractivity contribution in [2.45, 2.75) is 11.8 Å². The van der Waals surface area contributed by atoms with Gasteiger partial charge in [0, 0.05) is 6.54 Å². The first kappa shape index (κ1) is 14.0. The molecule has 6 heteroatoms. The molecule has 0 bridgehead atoms. The lowest BCUT2D eigenvalue weighted by Gasteiger charge is -2.05. The van der Waals surface area contributed by atoms with Gasteiger partial charge in [-0.1, -0.05) is 17.7 Å². The fourth-order valence-corrected chi connectivity index (χ4v) is 2.49. The third-order valence-corrected chi connectivity index (χ3v) is 4.17. The van der Waals surface area contributed by atoms with Crippen molar-refractivity contribution in [3.8, 4) is 0 Å². The fraction of sp³-hybridized carbons (Fsp3) is 0.364. The van der Waals surface area contributed by atoms with Crippen LogP contribution in [0, 0.1) is 6.92 Å². The lowest BCUT2D eigenvalue weighted by atomic mass is 10.2. The van der Waals surface area contributed by atoms with Crippen LogP contribution in [-0.2, 0) is 14.6 Å². The number of amides is 1. The number of rotatable bonds is 5. The first-order valence-electron chi connectivity index (χ1n) is 5.08. The number of nitrogens with one attached hydrogen (secondary N) is 1. The highest BCUT2D eigenvalue weighted by molar-refractivity contribution is 7.91. The van der Waals surface area contributed by atoms with Gasteiger partial charge in [-0.25, -0.2) is 8.42 Å². The highest BCUT2D eigenvalue weighted by Gasteiger charge is 2.13. The molecular weight excluding hydrogens is 262 g/mol. The second kappa shape index (κ2) is 6.02. The molecule has 1 amide bonds. The largest absolute Gasteiger partial charge is 0.354 e. The molecule has 1 rings (SSSR count). The number of hydrogen-bond donors (Lipinski definition) is 1. The maximum Gasteiger partial charge on any atom is 0.234 e. The summed E-state index contributed by atoms with van der Waals surface area (Å²) in [5.41, 5.74) is 0.999. The number of benzene rings is 1. The van der Waals surface area contributed by atoms with E-state index >= 15 is 0 Å². The highest BCUT2D eigenvalue weighted by atomic mass is 35.5. The molecule has 94 valence electrons. The monoisotopic (exact) mass is 275 g/mol. The van der Waals surface area contributed by atoms with Crippen LogP contribution >= 0.6 is 11.6 Å². The quantitative estimate of drug-likeness (QED) is 0.819. The summed E-state index contributed by atoms with van der Waals surface area (Å²) in [5, 5.41) is 2.42. The molecule has 0 heterocycles. The van der Waals surface area contributed by atoms with Gasteiger partial charge < -0.3 is 5.32 Å². The van der Waals surface area contributed by atoms with Gasteiger partial charge in [0.15, 0.2) is 9.84 Å². The molecule has 0 aliphatic rings. The van der Waals surface area contributed by atoms with Gasteiger partial charge >= 0.3 is 0 Å². The van der Waals surface area contributed by atoms with E-state index in [9.17, 15) is 13.2 Å². The predicted octanol–water partition coefficient (Wildman–Crippen LogP) is 1.12. The molecule has 0 saturated heterocycles. The average molecular weight is 276 g/mol. The standard InChI is InChI=1S/C11H14ClNO3S/c1-9-2-4-10(5-3-9)17(15,16)7-6-13-11(14)8-12/h2-5H,6-8H2,1H3,(H,13,14). The molecular formula is C11H14ClNO3S. The summed E-state index contributed by atoms with van der Waals surface area (Å²) in [6.07, 6.45) is 0. The Morgan fingerprint density at radius 2 is 1.88 bits per heavy atom. The van der Waals surface area contributed by atoms with Crippen molar-refractivity contribution in [3.05, 3.63) is 29.8 Å². The Labute approximate surface area is 106 Å². The second-order valence-electron chi connectivity index (χ2n) is 3.62. The summed E-state index contributed by atoms with van der Waals surface area (Å²) in [7, 11) is -3.34. The summed E-state index contributed by atoms with van der Waals surface area (Å²) < 4.78 is 23.7. The molecule has 0 spiro atoms. The molecule has 1 aromatic rings. The van der Waals surface area contributed by atoms with Gasteiger partial charge in [-0.2, -0.15) is 0 Å². The number of carbonyl (C=O) groups is 1. The van der Waals surface area contributed by atoms with E-state index in [-0.39, 0.29) is 29.0 Å². The van der Waals surface area contributed by atoms with Gasteiger partial charge in [0.25, 0.3) is 0 Å². The SMILES string of the molecule is Cc1ccc(S(=O)(=O)CCNC(=O)CCl)cc1. The number of aryl methyl sites for hydroxylation is 1. The van der Waals surface area contributed by atoms with Crippen LogP contribution in [0.1, 0.15) is 5.56 Å². The van der Waals surface area contributed by atoms with E-state index in [4.69, 9.17) is 11.6 Å². The second-order valence-corrected chi connectivity index (χ2v) is 5.99. The fourth-order valence-electron chi connectivity index (χ4n) is 1.24. The van der Waals surface area contributed by atoms with E-state index in [1.165, 1.54) is 0 Å². The number of hydrogen-bond acceptors (Lipinski definition) is 3. The summed E-state index contributed by atoms with van der Waals surface area (Å²) in [5.74, 6) is -0.658. The lowest BCUT2D eigenvalue weighted by molar-refractivity contribution is -0.118. The number of halogens is 1. The highest BCUT2D eigenvalue weighted by Crippen LogP contribution is 2.11. The lowest BCUT2D eigenvalue weighted by Crippen LogP contribution is -2.29. The molecule has 4 nitrogen and oxygen atoms in total. The van der Waals surface area contributed by atoms with Crippen molar-refractivity contribution in [2.24, 2.45) is 0 Å². The Balaban J connectivity index is 2.63. The van der Waals surface area contributed by atoms with Gasteiger partial charge in [-0.15, -0.1) is 11.6 Å². The molecule has 0 fully saturated rings. The van der Waals surface area contributed by atoms with Crippen LogP contribution in [0.4, 0.5) is 0 Å². The molecule has 0 radical (unpaired) electrons. The molecule has 0 unspecified atom stereocenters. The third-order valence-electron chi connectivity index (χ3n) is 2.19. The average Bonchev–Trinajstić information content (AvgIpc) is 2.29. The van der Waals surface area contributed by atoms with Gasteiger partial charge in [0.2, 0.25) is 5.91 Å². The molecule has 0 aromatic heterocycles. The van der Waals surface area contributed by atoms with Crippen LogP contribution in [0.5, 0.6) is 0 Å². The van der Waals surface area contributed by atoms with E-state index in [2.05, 4.69) is 5.32 Å². The van der Waals surface area contributed by atoms with Crippen LogP contribution in [0.3, 0.4) is 0 Å². The first-order chi connectivity index (χ1) is 7.95. The van der Waals surface area contributed by atoms with Crippen LogP contribution < -0.4 is 5.32 Å². The minimum absolute atomic E-state index is 0.0712. The van der Waals surface area contributed by atoms with E-state index in [1.54, 1.807) is 24.3 Å². The van der Waals surface area contributed by atoms with E-state index in [0.29, 0.717) is 0 Å². The maximum atomic E-state index is 11.8. The smallest absolute Gasteiger partial charge is 0.234 e. The normalized spacial score (nSPS) is 11.2. The summed E-state index contributed by atoms with van der Waals surface area (Å²) >= 11 is 5.27. The zero-order valence-corrected chi connectivity index (χ0v) is 11.0. The Morgan fingerprint density at radius 3 is 2.41 bits per heavy atom. The van der Waals surface area contributed by atoms with Gasteiger partial charge in [-0.05, 0) is 19.1 Å². The molecule has 17 heavy (non-hydrogen) atoms. The minimum Gasteiger partial charge on any atom is -0.354 e. The van der Waals surface area contributed by atoms with Gasteiger partial charge in [0.1, 0.15) is 5.88 Å². The van der Waals surface area contributed by atoms with Crippen molar-refractivity contribution in [1.82, 2.24) is 5.32 Å². The van der Waals surface area contributed by atoms with Crippen molar-refractivity contribution in [3.63, 3.8) is 0 Å². The van der Waals surface area contributed by atoms with Gasteiger partial charge in [-0.3, -0.25) is 4.79 Å². The van der Waals surface area contributed by atoms with Crippen molar-refractivity contribution < 1.29 is 13.2 Å². The number of carbonyl (C=O) groups excluding carboxylic acids is 1. The predicted molar refractivity (Wildman–Crippen MR) is 67.0 cm³/mol. The number of sulfone groups is 1. The topological polar surface area (TPSA) is 63.2 Å².